The van der Waals surface area contributed by atoms with Crippen molar-refractivity contribution in [2.24, 2.45) is 0 Å². The van der Waals surface area contributed by atoms with Gasteiger partial charge in [0.25, 0.3) is 5.91 Å². The molecule has 0 fully saturated rings. The maximum atomic E-state index is 12.5. The molecule has 1 atom stereocenters. The SMILES string of the molecule is C[C@H](NC(=O)c1ccc2nc[nH]c2c1)c1ccc(-n2cncn2)cc1. The Balaban J connectivity index is 1.49. The third-order valence-corrected chi connectivity index (χ3v) is 4.11. The first kappa shape index (κ1) is 15.1. The van der Waals surface area contributed by atoms with E-state index >= 15 is 0 Å². The molecule has 0 unspecified atom stereocenters. The molecule has 4 rings (SSSR count). The Hall–Kier alpha value is -3.48. The number of carbonyl (C=O) groups excluding carboxylic acids is 1. The fourth-order valence-corrected chi connectivity index (χ4v) is 2.70. The van der Waals surface area contributed by atoms with Crippen LogP contribution in [0.2, 0.25) is 0 Å². The average molecular weight is 332 g/mol. The van der Waals surface area contributed by atoms with Gasteiger partial charge in [-0.1, -0.05) is 12.1 Å². The minimum atomic E-state index is -0.121. The number of imidazole rings is 1. The van der Waals surface area contributed by atoms with Crippen LogP contribution in [0.15, 0.2) is 61.4 Å². The van der Waals surface area contributed by atoms with E-state index in [0.29, 0.717) is 5.56 Å². The van der Waals surface area contributed by atoms with Crippen LogP contribution in [-0.2, 0) is 0 Å². The van der Waals surface area contributed by atoms with Gasteiger partial charge in [0.05, 0.1) is 29.1 Å². The highest BCUT2D eigenvalue weighted by Crippen LogP contribution is 2.17. The van der Waals surface area contributed by atoms with Crippen molar-refractivity contribution in [3.63, 3.8) is 0 Å². The second-order valence-corrected chi connectivity index (χ2v) is 5.76. The monoisotopic (exact) mass is 332 g/mol. The van der Waals surface area contributed by atoms with Gasteiger partial charge in [-0.2, -0.15) is 5.10 Å². The molecule has 0 saturated heterocycles. The van der Waals surface area contributed by atoms with Gasteiger partial charge in [0, 0.05) is 5.56 Å². The third-order valence-electron chi connectivity index (χ3n) is 4.11. The first-order chi connectivity index (χ1) is 12.2. The Bertz CT molecular complexity index is 1000. The van der Waals surface area contributed by atoms with Crippen molar-refractivity contribution in [2.75, 3.05) is 0 Å². The van der Waals surface area contributed by atoms with E-state index in [1.807, 2.05) is 37.3 Å². The number of H-pyrrole nitrogens is 1. The number of aromatic amines is 1. The molecule has 4 aromatic rings. The van der Waals surface area contributed by atoms with Crippen molar-refractivity contribution in [1.82, 2.24) is 30.0 Å². The normalized spacial score (nSPS) is 12.2. The molecular weight excluding hydrogens is 316 g/mol. The molecular formula is C18H16N6O. The zero-order valence-corrected chi connectivity index (χ0v) is 13.5. The van der Waals surface area contributed by atoms with E-state index < -0.39 is 0 Å². The van der Waals surface area contributed by atoms with E-state index in [9.17, 15) is 4.79 Å². The highest BCUT2D eigenvalue weighted by atomic mass is 16.1. The molecule has 2 aromatic heterocycles. The summed E-state index contributed by atoms with van der Waals surface area (Å²) in [6.45, 7) is 1.96. The lowest BCUT2D eigenvalue weighted by Gasteiger charge is -2.15. The highest BCUT2D eigenvalue weighted by molar-refractivity contribution is 5.97. The lowest BCUT2D eigenvalue weighted by Crippen LogP contribution is -2.26. The lowest BCUT2D eigenvalue weighted by molar-refractivity contribution is 0.0940. The number of fused-ring (bicyclic) bond motifs is 1. The first-order valence-electron chi connectivity index (χ1n) is 7.90. The summed E-state index contributed by atoms with van der Waals surface area (Å²) < 4.78 is 1.69. The molecule has 7 nitrogen and oxygen atoms in total. The topological polar surface area (TPSA) is 88.5 Å². The number of nitrogens with one attached hydrogen (secondary N) is 2. The highest BCUT2D eigenvalue weighted by Gasteiger charge is 2.12. The second-order valence-electron chi connectivity index (χ2n) is 5.76. The quantitative estimate of drug-likeness (QED) is 0.601. The van der Waals surface area contributed by atoms with Crippen LogP contribution in [-0.4, -0.2) is 30.6 Å². The molecule has 2 aromatic carbocycles. The zero-order chi connectivity index (χ0) is 17.2. The van der Waals surface area contributed by atoms with Gasteiger partial charge in [0.15, 0.2) is 0 Å². The minimum Gasteiger partial charge on any atom is -0.346 e. The van der Waals surface area contributed by atoms with Gasteiger partial charge in [-0.3, -0.25) is 4.79 Å². The molecule has 0 spiro atoms. The number of rotatable bonds is 4. The summed E-state index contributed by atoms with van der Waals surface area (Å²) in [6.07, 6.45) is 4.75. The van der Waals surface area contributed by atoms with Crippen LogP contribution in [0, 0.1) is 0 Å². The molecule has 7 heteroatoms. The van der Waals surface area contributed by atoms with Crippen LogP contribution in [0.1, 0.15) is 28.9 Å². The van der Waals surface area contributed by atoms with Crippen LogP contribution in [0.25, 0.3) is 16.7 Å². The molecule has 0 saturated carbocycles. The Labute approximate surface area is 143 Å². The van der Waals surface area contributed by atoms with Crippen LogP contribution in [0.4, 0.5) is 0 Å². The summed E-state index contributed by atoms with van der Waals surface area (Å²) in [5.74, 6) is -0.121. The zero-order valence-electron chi connectivity index (χ0n) is 13.5. The molecule has 0 radical (unpaired) electrons. The standard InChI is InChI=1S/C18H16N6O/c1-12(13-2-5-15(6-3-13)24-11-19-9-22-24)23-18(25)14-4-7-16-17(8-14)21-10-20-16/h2-12H,1H3,(H,20,21)(H,23,25)/t12-/m0/s1. The number of hydrogen-bond acceptors (Lipinski definition) is 4. The van der Waals surface area contributed by atoms with E-state index in [1.54, 1.807) is 29.5 Å². The summed E-state index contributed by atoms with van der Waals surface area (Å²) >= 11 is 0. The fourth-order valence-electron chi connectivity index (χ4n) is 2.70. The van der Waals surface area contributed by atoms with Crippen LogP contribution in [0.3, 0.4) is 0 Å². The first-order valence-corrected chi connectivity index (χ1v) is 7.90. The molecule has 1 amide bonds. The van der Waals surface area contributed by atoms with Gasteiger partial charge in [-0.05, 0) is 42.8 Å². The van der Waals surface area contributed by atoms with E-state index in [1.165, 1.54) is 6.33 Å². The number of hydrogen-bond donors (Lipinski definition) is 2. The van der Waals surface area contributed by atoms with Crippen molar-refractivity contribution in [1.29, 1.82) is 0 Å². The van der Waals surface area contributed by atoms with Gasteiger partial charge < -0.3 is 10.3 Å². The predicted octanol–water partition coefficient (Wildman–Crippen LogP) is 2.63. The number of benzene rings is 2. The summed E-state index contributed by atoms with van der Waals surface area (Å²) in [7, 11) is 0. The van der Waals surface area contributed by atoms with Crippen molar-refractivity contribution in [2.45, 2.75) is 13.0 Å². The Morgan fingerprint density at radius 1 is 1.20 bits per heavy atom. The average Bonchev–Trinajstić information content (AvgIpc) is 3.32. The minimum absolute atomic E-state index is 0.116. The summed E-state index contributed by atoms with van der Waals surface area (Å²) in [4.78, 5) is 23.6. The molecule has 124 valence electrons. The summed E-state index contributed by atoms with van der Waals surface area (Å²) in [6, 6.07) is 13.1. The summed E-state index contributed by atoms with van der Waals surface area (Å²) in [5.41, 5.74) is 4.22. The maximum absolute atomic E-state index is 12.5. The molecule has 0 aliphatic carbocycles. The smallest absolute Gasteiger partial charge is 0.251 e. The maximum Gasteiger partial charge on any atom is 0.251 e. The third kappa shape index (κ3) is 2.99. The Morgan fingerprint density at radius 3 is 2.80 bits per heavy atom. The predicted molar refractivity (Wildman–Crippen MR) is 93.3 cm³/mol. The molecule has 0 aliphatic heterocycles. The number of carbonyl (C=O) groups is 1. The van der Waals surface area contributed by atoms with E-state index in [4.69, 9.17) is 0 Å². The van der Waals surface area contributed by atoms with E-state index in [-0.39, 0.29) is 11.9 Å². The van der Waals surface area contributed by atoms with Crippen molar-refractivity contribution >= 4 is 16.9 Å². The van der Waals surface area contributed by atoms with E-state index in [2.05, 4.69) is 25.4 Å². The Kier molecular flexibility index (Phi) is 3.74. The van der Waals surface area contributed by atoms with Crippen LogP contribution >= 0.6 is 0 Å². The molecule has 25 heavy (non-hydrogen) atoms. The Morgan fingerprint density at radius 2 is 2.04 bits per heavy atom. The van der Waals surface area contributed by atoms with Gasteiger partial charge in [0.2, 0.25) is 0 Å². The van der Waals surface area contributed by atoms with Crippen LogP contribution in [0.5, 0.6) is 0 Å². The fraction of sp³-hybridized carbons (Fsp3) is 0.111. The largest absolute Gasteiger partial charge is 0.346 e. The molecule has 0 bridgehead atoms. The van der Waals surface area contributed by atoms with E-state index in [0.717, 1.165) is 22.3 Å². The number of nitrogens with zero attached hydrogens (tertiary/aromatic N) is 4. The van der Waals surface area contributed by atoms with Crippen molar-refractivity contribution in [3.05, 3.63) is 72.6 Å². The van der Waals surface area contributed by atoms with Crippen LogP contribution < -0.4 is 5.32 Å². The lowest BCUT2D eigenvalue weighted by atomic mass is 10.1. The van der Waals surface area contributed by atoms with Gasteiger partial charge in [-0.25, -0.2) is 14.6 Å². The molecule has 2 heterocycles. The summed E-state index contributed by atoms with van der Waals surface area (Å²) in [5, 5.41) is 7.11. The van der Waals surface area contributed by atoms with Gasteiger partial charge in [0.1, 0.15) is 12.7 Å². The molecule has 0 aliphatic rings. The van der Waals surface area contributed by atoms with Crippen molar-refractivity contribution in [3.8, 4) is 5.69 Å². The van der Waals surface area contributed by atoms with Gasteiger partial charge >= 0.3 is 0 Å². The number of amides is 1. The molecule has 2 N–H and O–H groups in total. The number of aromatic nitrogens is 5. The van der Waals surface area contributed by atoms with Crippen molar-refractivity contribution < 1.29 is 4.79 Å². The second kappa shape index (κ2) is 6.20. The van der Waals surface area contributed by atoms with Gasteiger partial charge in [-0.15, -0.1) is 0 Å².